The van der Waals surface area contributed by atoms with E-state index in [1.165, 1.54) is 11.7 Å². The van der Waals surface area contributed by atoms with Crippen molar-refractivity contribution < 1.29 is 23.7 Å². The Morgan fingerprint density at radius 3 is 2.53 bits per heavy atom. The molecule has 0 saturated heterocycles. The van der Waals surface area contributed by atoms with Crippen molar-refractivity contribution in [2.45, 2.75) is 19.9 Å². The summed E-state index contributed by atoms with van der Waals surface area (Å²) < 4.78 is 32.2. The topological polar surface area (TPSA) is 97.6 Å². The molecule has 0 saturated carbocycles. The van der Waals surface area contributed by atoms with Crippen LogP contribution in [0.4, 0.5) is 4.79 Å². The van der Waals surface area contributed by atoms with Gasteiger partial charge in [-0.25, -0.2) is 9.48 Å². The van der Waals surface area contributed by atoms with Gasteiger partial charge in [0, 0.05) is 29.2 Å². The van der Waals surface area contributed by atoms with Crippen molar-refractivity contribution in [3.63, 3.8) is 0 Å². The molecule has 0 spiro atoms. The summed E-state index contributed by atoms with van der Waals surface area (Å²) in [7, 11) is 3.20. The molecule has 2 heterocycles. The smallest absolute Gasteiger partial charge is 0.497 e. The molecule has 5 aromatic rings. The summed E-state index contributed by atoms with van der Waals surface area (Å²) in [5.41, 5.74) is 5.83. The third-order valence-electron chi connectivity index (χ3n) is 6.00. The molecule has 0 N–H and O–H groups in total. The summed E-state index contributed by atoms with van der Waals surface area (Å²) in [5, 5.41) is 4.93. The van der Waals surface area contributed by atoms with Gasteiger partial charge in [-0.1, -0.05) is 36.4 Å². The summed E-state index contributed by atoms with van der Waals surface area (Å²) in [6.45, 7) is 2.21. The van der Waals surface area contributed by atoms with Crippen LogP contribution in [0.25, 0.3) is 22.3 Å². The monoisotopic (exact) mass is 530 g/mol. The van der Waals surface area contributed by atoms with E-state index in [-0.39, 0.29) is 13.2 Å². The third kappa shape index (κ3) is 5.30. The van der Waals surface area contributed by atoms with E-state index in [2.05, 4.69) is 8.75 Å². The first-order chi connectivity index (χ1) is 18.6. The number of carbonyl (C=O) groups excluding carboxylic acids is 1. The van der Waals surface area contributed by atoms with Crippen LogP contribution in [-0.2, 0) is 17.7 Å². The lowest BCUT2D eigenvalue weighted by atomic mass is 10.0. The minimum atomic E-state index is -0.796. The number of ether oxygens (including phenoxy) is 4. The fourth-order valence-corrected chi connectivity index (χ4v) is 4.72. The van der Waals surface area contributed by atoms with Crippen LogP contribution in [-0.4, -0.2) is 45.5 Å². The van der Waals surface area contributed by atoms with Gasteiger partial charge in [0.15, 0.2) is 0 Å². The van der Waals surface area contributed by atoms with Gasteiger partial charge < -0.3 is 18.9 Å². The highest BCUT2D eigenvalue weighted by molar-refractivity contribution is 7.00. The molecule has 3 aromatic carbocycles. The molecule has 38 heavy (non-hydrogen) atoms. The maximum Gasteiger partial charge on any atom is 0.515 e. The standard InChI is InChI=1S/C28H26N4O5S/c1-4-36-28(33)37-27-22(14-18-10-13-23-24(15-18)31-38-30-23)26(19-8-6-5-7-9-19)29-32(27)17-20-11-12-21(34-2)16-25(20)35-3/h5-13,15-16H,4,14,17H2,1-3H3. The van der Waals surface area contributed by atoms with Crippen molar-refractivity contribution in [3.05, 3.63) is 83.4 Å². The number of methoxy groups -OCH3 is 2. The van der Waals surface area contributed by atoms with E-state index in [1.54, 1.807) is 31.9 Å². The van der Waals surface area contributed by atoms with E-state index >= 15 is 0 Å². The number of rotatable bonds is 9. The van der Waals surface area contributed by atoms with Crippen molar-refractivity contribution in [1.82, 2.24) is 18.5 Å². The highest BCUT2D eigenvalue weighted by atomic mass is 32.1. The minimum absolute atomic E-state index is 0.188. The average molecular weight is 531 g/mol. The van der Waals surface area contributed by atoms with E-state index in [4.69, 9.17) is 24.0 Å². The number of carbonyl (C=O) groups is 1. The molecule has 0 unspecified atom stereocenters. The van der Waals surface area contributed by atoms with Gasteiger partial charge in [0.2, 0.25) is 5.88 Å². The molecule has 0 fully saturated rings. The van der Waals surface area contributed by atoms with Crippen LogP contribution >= 0.6 is 11.7 Å². The average Bonchev–Trinajstić information content (AvgIpc) is 3.54. The van der Waals surface area contributed by atoms with Crippen molar-refractivity contribution in [1.29, 1.82) is 0 Å². The fraction of sp³-hybridized carbons (Fsp3) is 0.214. The predicted molar refractivity (Wildman–Crippen MR) is 144 cm³/mol. The molecule has 0 atom stereocenters. The predicted octanol–water partition coefficient (Wildman–Crippen LogP) is 5.75. The normalized spacial score (nSPS) is 10.9. The lowest BCUT2D eigenvalue weighted by Crippen LogP contribution is -2.15. The van der Waals surface area contributed by atoms with Crippen LogP contribution in [0.1, 0.15) is 23.6 Å². The van der Waals surface area contributed by atoms with E-state index < -0.39 is 6.16 Å². The highest BCUT2D eigenvalue weighted by Crippen LogP contribution is 2.35. The van der Waals surface area contributed by atoms with Gasteiger partial charge in [-0.05, 0) is 36.8 Å². The van der Waals surface area contributed by atoms with Crippen molar-refractivity contribution in [2.24, 2.45) is 0 Å². The number of benzene rings is 3. The Hall–Kier alpha value is -4.44. The Balaban J connectivity index is 1.64. The second-order valence-corrected chi connectivity index (χ2v) is 8.91. The van der Waals surface area contributed by atoms with Crippen molar-refractivity contribution >= 4 is 28.9 Å². The molecule has 0 bridgehead atoms. The van der Waals surface area contributed by atoms with Gasteiger partial charge in [-0.3, -0.25) is 0 Å². The van der Waals surface area contributed by atoms with Crippen molar-refractivity contribution in [3.8, 4) is 28.6 Å². The Morgan fingerprint density at radius 2 is 1.76 bits per heavy atom. The van der Waals surface area contributed by atoms with Gasteiger partial charge in [0.25, 0.3) is 0 Å². The SMILES string of the molecule is CCOC(=O)Oc1c(Cc2ccc3nsnc3c2)c(-c2ccccc2)nn1Cc1ccc(OC)cc1OC. The largest absolute Gasteiger partial charge is 0.515 e. The Labute approximate surface area is 223 Å². The van der Waals surface area contributed by atoms with Gasteiger partial charge in [-0.2, -0.15) is 13.8 Å². The Morgan fingerprint density at radius 1 is 0.947 bits per heavy atom. The zero-order chi connectivity index (χ0) is 26.5. The van der Waals surface area contributed by atoms with Gasteiger partial charge in [-0.15, -0.1) is 0 Å². The molecule has 0 amide bonds. The zero-order valence-corrected chi connectivity index (χ0v) is 22.0. The van der Waals surface area contributed by atoms with Crippen LogP contribution in [0, 0.1) is 0 Å². The maximum atomic E-state index is 12.6. The summed E-state index contributed by atoms with van der Waals surface area (Å²) >= 11 is 1.17. The molecular formula is C28H26N4O5S. The lowest BCUT2D eigenvalue weighted by Gasteiger charge is -2.13. The highest BCUT2D eigenvalue weighted by Gasteiger charge is 2.25. The van der Waals surface area contributed by atoms with E-state index in [1.807, 2.05) is 60.7 Å². The summed E-state index contributed by atoms with van der Waals surface area (Å²) in [5.74, 6) is 1.61. The number of nitrogens with zero attached hydrogens (tertiary/aromatic N) is 4. The molecule has 2 aromatic heterocycles. The summed E-state index contributed by atoms with van der Waals surface area (Å²) in [6, 6.07) is 21.3. The van der Waals surface area contributed by atoms with Crippen LogP contribution in [0.15, 0.2) is 66.7 Å². The number of hydrogen-bond donors (Lipinski definition) is 0. The summed E-state index contributed by atoms with van der Waals surface area (Å²) in [4.78, 5) is 12.6. The Bertz CT molecular complexity index is 1560. The van der Waals surface area contributed by atoms with E-state index in [0.29, 0.717) is 29.5 Å². The van der Waals surface area contributed by atoms with Crippen LogP contribution < -0.4 is 14.2 Å². The van der Waals surface area contributed by atoms with Gasteiger partial charge in [0.05, 0.1) is 44.8 Å². The molecule has 0 aliphatic rings. The molecule has 10 heteroatoms. The lowest BCUT2D eigenvalue weighted by molar-refractivity contribution is 0.100. The second kappa shape index (κ2) is 11.3. The molecule has 5 rings (SSSR count). The maximum absolute atomic E-state index is 12.6. The second-order valence-electron chi connectivity index (χ2n) is 8.38. The molecule has 0 aliphatic carbocycles. The fourth-order valence-electron chi connectivity index (χ4n) is 4.20. The minimum Gasteiger partial charge on any atom is -0.497 e. The first-order valence-electron chi connectivity index (χ1n) is 12.0. The quantitative estimate of drug-likeness (QED) is 0.222. The molecule has 194 valence electrons. The van der Waals surface area contributed by atoms with Gasteiger partial charge in [0.1, 0.15) is 22.5 Å². The summed E-state index contributed by atoms with van der Waals surface area (Å²) in [6.07, 6.45) is -0.345. The van der Waals surface area contributed by atoms with E-state index in [9.17, 15) is 4.79 Å². The van der Waals surface area contributed by atoms with Crippen LogP contribution in [0.5, 0.6) is 17.4 Å². The third-order valence-corrected chi connectivity index (χ3v) is 6.56. The zero-order valence-electron chi connectivity index (χ0n) is 21.2. The molecule has 9 nitrogen and oxygen atoms in total. The van der Waals surface area contributed by atoms with Crippen molar-refractivity contribution in [2.75, 3.05) is 20.8 Å². The Kier molecular flexibility index (Phi) is 7.50. The van der Waals surface area contributed by atoms with Crippen LogP contribution in [0.3, 0.4) is 0 Å². The number of fused-ring (bicyclic) bond motifs is 1. The van der Waals surface area contributed by atoms with Crippen LogP contribution in [0.2, 0.25) is 0 Å². The van der Waals surface area contributed by atoms with Gasteiger partial charge >= 0.3 is 6.16 Å². The number of aromatic nitrogens is 4. The molecule has 0 aliphatic heterocycles. The number of hydrogen-bond acceptors (Lipinski definition) is 9. The first kappa shape index (κ1) is 25.2. The van der Waals surface area contributed by atoms with E-state index in [0.717, 1.165) is 33.3 Å². The first-order valence-corrected chi connectivity index (χ1v) is 12.7. The molecule has 0 radical (unpaired) electrons. The molecular weight excluding hydrogens is 504 g/mol.